The van der Waals surface area contributed by atoms with Crippen LogP contribution < -0.4 is 5.73 Å². The first-order chi connectivity index (χ1) is 8.81. The van der Waals surface area contributed by atoms with Crippen LogP contribution in [0.15, 0.2) is 28.7 Å². The predicted octanol–water partition coefficient (Wildman–Crippen LogP) is 2.61. The van der Waals surface area contributed by atoms with Crippen LogP contribution in [0.5, 0.6) is 0 Å². The van der Waals surface area contributed by atoms with Crippen molar-refractivity contribution in [2.24, 2.45) is 11.1 Å². The lowest BCUT2D eigenvalue weighted by Crippen LogP contribution is -2.38. The van der Waals surface area contributed by atoms with Crippen molar-refractivity contribution in [1.82, 2.24) is 0 Å². The van der Waals surface area contributed by atoms with Crippen LogP contribution in [0.25, 0.3) is 0 Å². The van der Waals surface area contributed by atoms with Crippen LogP contribution in [-0.2, 0) is 14.3 Å². The lowest BCUT2D eigenvalue weighted by Gasteiger charge is -2.32. The van der Waals surface area contributed by atoms with E-state index in [1.165, 1.54) is 7.11 Å². The Bertz CT molecular complexity index is 472. The minimum Gasteiger partial charge on any atom is -0.469 e. The lowest BCUT2D eigenvalue weighted by atomic mass is 9.72. The first kappa shape index (κ1) is 15.7. The van der Waals surface area contributed by atoms with E-state index in [-0.39, 0.29) is 12.3 Å². The summed E-state index contributed by atoms with van der Waals surface area (Å²) in [6.45, 7) is 3.60. The second-order valence-electron chi connectivity index (χ2n) is 4.83. The van der Waals surface area contributed by atoms with Gasteiger partial charge in [-0.25, -0.2) is 0 Å². The van der Waals surface area contributed by atoms with Gasteiger partial charge in [0.2, 0.25) is 5.91 Å². The maximum atomic E-state index is 12.0. The second kappa shape index (κ2) is 6.19. The van der Waals surface area contributed by atoms with Crippen LogP contribution in [0.4, 0.5) is 0 Å². The van der Waals surface area contributed by atoms with E-state index in [4.69, 9.17) is 10.5 Å². The van der Waals surface area contributed by atoms with Crippen molar-refractivity contribution in [1.29, 1.82) is 0 Å². The first-order valence-corrected chi connectivity index (χ1v) is 6.72. The third kappa shape index (κ3) is 3.56. The zero-order chi connectivity index (χ0) is 14.6. The van der Waals surface area contributed by atoms with E-state index in [9.17, 15) is 9.59 Å². The highest BCUT2D eigenvalue weighted by Crippen LogP contribution is 2.39. The minimum absolute atomic E-state index is 0.0447. The Morgan fingerprint density at radius 1 is 1.37 bits per heavy atom. The molecule has 19 heavy (non-hydrogen) atoms. The van der Waals surface area contributed by atoms with E-state index in [0.29, 0.717) is 0 Å². The summed E-state index contributed by atoms with van der Waals surface area (Å²) in [5.41, 5.74) is 5.25. The molecule has 104 valence electrons. The molecule has 1 aromatic rings. The van der Waals surface area contributed by atoms with Crippen LogP contribution in [0.3, 0.4) is 0 Å². The van der Waals surface area contributed by atoms with Crippen molar-refractivity contribution in [2.45, 2.75) is 26.2 Å². The Morgan fingerprint density at radius 3 is 2.32 bits per heavy atom. The maximum Gasteiger partial charge on any atom is 0.312 e. The number of nitrogens with two attached hydrogens (primary N) is 1. The molecule has 0 saturated heterocycles. The number of hydrogen-bond acceptors (Lipinski definition) is 3. The van der Waals surface area contributed by atoms with Gasteiger partial charge in [-0.1, -0.05) is 35.0 Å². The van der Waals surface area contributed by atoms with E-state index in [2.05, 4.69) is 15.9 Å². The third-order valence-electron chi connectivity index (χ3n) is 3.52. The van der Waals surface area contributed by atoms with Gasteiger partial charge in [-0.3, -0.25) is 9.59 Å². The molecule has 0 fully saturated rings. The Labute approximate surface area is 121 Å². The number of methoxy groups -OCH3 is 1. The lowest BCUT2D eigenvalue weighted by molar-refractivity contribution is -0.155. The van der Waals surface area contributed by atoms with Gasteiger partial charge in [0.15, 0.2) is 0 Å². The molecule has 1 aromatic carbocycles. The number of halogens is 1. The molecule has 0 saturated carbocycles. The minimum atomic E-state index is -0.964. The van der Waals surface area contributed by atoms with Gasteiger partial charge in [0.25, 0.3) is 0 Å². The molecular weight excluding hydrogens is 310 g/mol. The summed E-state index contributed by atoms with van der Waals surface area (Å²) in [6, 6.07) is 7.62. The van der Waals surface area contributed by atoms with Crippen molar-refractivity contribution in [3.05, 3.63) is 34.3 Å². The van der Waals surface area contributed by atoms with Crippen LogP contribution in [0.1, 0.15) is 31.7 Å². The summed E-state index contributed by atoms with van der Waals surface area (Å²) in [5.74, 6) is -1.13. The molecule has 0 heterocycles. The molecule has 4 nitrogen and oxygen atoms in total. The maximum absolute atomic E-state index is 12.0. The zero-order valence-corrected chi connectivity index (χ0v) is 12.9. The summed E-state index contributed by atoms with van der Waals surface area (Å²) >= 11 is 3.36. The van der Waals surface area contributed by atoms with Gasteiger partial charge in [-0.2, -0.15) is 0 Å². The number of hydrogen-bond donors (Lipinski definition) is 1. The quantitative estimate of drug-likeness (QED) is 0.845. The number of esters is 1. The fraction of sp³-hybridized carbons (Fsp3) is 0.429. The highest BCUT2D eigenvalue weighted by molar-refractivity contribution is 9.10. The highest BCUT2D eigenvalue weighted by atomic mass is 79.9. The van der Waals surface area contributed by atoms with E-state index < -0.39 is 17.3 Å². The van der Waals surface area contributed by atoms with Crippen LogP contribution in [0, 0.1) is 5.41 Å². The number of carbonyl (C=O) groups is 2. The van der Waals surface area contributed by atoms with Gasteiger partial charge in [-0.15, -0.1) is 0 Å². The number of amides is 1. The van der Waals surface area contributed by atoms with Crippen LogP contribution >= 0.6 is 15.9 Å². The van der Waals surface area contributed by atoms with Crippen molar-refractivity contribution < 1.29 is 14.3 Å². The summed E-state index contributed by atoms with van der Waals surface area (Å²) in [4.78, 5) is 23.2. The van der Waals surface area contributed by atoms with E-state index in [1.54, 1.807) is 6.92 Å². The second-order valence-corrected chi connectivity index (χ2v) is 5.74. The monoisotopic (exact) mass is 327 g/mol. The molecule has 0 spiro atoms. The van der Waals surface area contributed by atoms with Crippen molar-refractivity contribution in [3.8, 4) is 0 Å². The van der Waals surface area contributed by atoms with Crippen molar-refractivity contribution in [2.75, 3.05) is 7.11 Å². The van der Waals surface area contributed by atoms with E-state index >= 15 is 0 Å². The molecule has 0 unspecified atom stereocenters. The molecule has 2 N–H and O–H groups in total. The summed E-state index contributed by atoms with van der Waals surface area (Å²) in [7, 11) is 1.32. The molecule has 0 aliphatic heterocycles. The van der Waals surface area contributed by atoms with Gasteiger partial charge in [0, 0.05) is 10.9 Å². The first-order valence-electron chi connectivity index (χ1n) is 5.93. The summed E-state index contributed by atoms with van der Waals surface area (Å²) in [6.07, 6.45) is -0.0447. The molecule has 0 aliphatic carbocycles. The average molecular weight is 328 g/mol. The largest absolute Gasteiger partial charge is 0.469 e. The van der Waals surface area contributed by atoms with Gasteiger partial charge >= 0.3 is 5.97 Å². The molecule has 1 rings (SSSR count). The highest BCUT2D eigenvalue weighted by Gasteiger charge is 2.42. The number of ether oxygens (including phenoxy) is 1. The van der Waals surface area contributed by atoms with E-state index in [0.717, 1.165) is 10.0 Å². The third-order valence-corrected chi connectivity index (χ3v) is 4.05. The van der Waals surface area contributed by atoms with Gasteiger partial charge in [0.05, 0.1) is 12.5 Å². The van der Waals surface area contributed by atoms with Gasteiger partial charge in [-0.05, 0) is 30.5 Å². The number of rotatable bonds is 5. The fourth-order valence-corrected chi connectivity index (χ4v) is 2.38. The van der Waals surface area contributed by atoms with Crippen LogP contribution in [-0.4, -0.2) is 19.0 Å². The molecule has 0 aromatic heterocycles. The van der Waals surface area contributed by atoms with Crippen molar-refractivity contribution in [3.63, 3.8) is 0 Å². The predicted molar refractivity (Wildman–Crippen MR) is 76.5 cm³/mol. The molecule has 0 radical (unpaired) electrons. The smallest absolute Gasteiger partial charge is 0.312 e. The Balaban J connectivity index is 3.13. The average Bonchev–Trinajstić information content (AvgIpc) is 2.36. The van der Waals surface area contributed by atoms with E-state index in [1.807, 2.05) is 31.2 Å². The number of benzene rings is 1. The molecule has 2 atom stereocenters. The Kier molecular flexibility index (Phi) is 5.11. The SMILES string of the molecule is COC(=O)[C@](C)(CC(N)=O)[C@H](C)c1ccc(Br)cc1. The normalized spacial score (nSPS) is 15.4. The Morgan fingerprint density at radius 2 is 1.89 bits per heavy atom. The topological polar surface area (TPSA) is 69.4 Å². The number of primary amides is 1. The van der Waals surface area contributed by atoms with Crippen molar-refractivity contribution >= 4 is 27.8 Å². The molecule has 5 heteroatoms. The van der Waals surface area contributed by atoms with Gasteiger partial charge < -0.3 is 10.5 Å². The Hall–Kier alpha value is -1.36. The molecule has 0 bridgehead atoms. The molecule has 0 aliphatic rings. The molecular formula is C14H18BrNO3. The fourth-order valence-electron chi connectivity index (χ4n) is 2.12. The molecule has 1 amide bonds. The van der Waals surface area contributed by atoms with Crippen LogP contribution in [0.2, 0.25) is 0 Å². The zero-order valence-electron chi connectivity index (χ0n) is 11.3. The van der Waals surface area contributed by atoms with Gasteiger partial charge in [0.1, 0.15) is 0 Å². The standard InChI is InChI=1S/C14H18BrNO3/c1-9(10-4-6-11(15)7-5-10)14(2,8-12(16)17)13(18)19-3/h4-7,9H,8H2,1-3H3,(H2,16,17)/t9-,14-/m1/s1. The number of carbonyl (C=O) groups excluding carboxylic acids is 2. The summed E-state index contributed by atoms with van der Waals surface area (Å²) in [5, 5.41) is 0. The summed E-state index contributed by atoms with van der Waals surface area (Å²) < 4.78 is 5.78.